The van der Waals surface area contributed by atoms with Crippen LogP contribution in [-0.2, 0) is 4.79 Å². The van der Waals surface area contributed by atoms with Crippen LogP contribution >= 0.6 is 0 Å². The molecule has 5 nitrogen and oxygen atoms in total. The number of carbonyl (C=O) groups is 2. The Morgan fingerprint density at radius 1 is 1.29 bits per heavy atom. The second-order valence-corrected chi connectivity index (χ2v) is 5.23. The number of anilines is 2. The largest absolute Gasteiger partial charge is 0.482 e. The number of amides is 2. The second-order valence-electron chi connectivity index (χ2n) is 5.23. The van der Waals surface area contributed by atoms with Crippen molar-refractivity contribution in [2.24, 2.45) is 0 Å². The predicted octanol–water partition coefficient (Wildman–Crippen LogP) is 2.99. The first-order chi connectivity index (χ1) is 11.6. The molecular formula is C18H15FN2O3. The first-order valence-corrected chi connectivity index (χ1v) is 7.33. The molecule has 122 valence electrons. The van der Waals surface area contributed by atoms with Gasteiger partial charge >= 0.3 is 0 Å². The fourth-order valence-electron chi connectivity index (χ4n) is 2.41. The minimum Gasteiger partial charge on any atom is -0.482 e. The van der Waals surface area contributed by atoms with Crippen molar-refractivity contribution in [1.82, 2.24) is 0 Å². The van der Waals surface area contributed by atoms with Gasteiger partial charge in [0.1, 0.15) is 11.6 Å². The van der Waals surface area contributed by atoms with E-state index in [2.05, 4.69) is 11.9 Å². The van der Waals surface area contributed by atoms with Gasteiger partial charge in [-0.3, -0.25) is 9.59 Å². The van der Waals surface area contributed by atoms with Gasteiger partial charge in [0, 0.05) is 17.8 Å². The second kappa shape index (κ2) is 6.54. The molecule has 1 heterocycles. The van der Waals surface area contributed by atoms with Crippen molar-refractivity contribution in [3.63, 3.8) is 0 Å². The number of ether oxygens (including phenoxy) is 1. The Hall–Kier alpha value is -3.15. The SMILES string of the molecule is C=CCN1C(=O)COc2ccc(NC(=O)c3ccc(F)cc3)cc21. The predicted molar refractivity (Wildman–Crippen MR) is 88.8 cm³/mol. The summed E-state index contributed by atoms with van der Waals surface area (Å²) >= 11 is 0. The maximum atomic E-state index is 12.9. The molecule has 0 saturated carbocycles. The van der Waals surface area contributed by atoms with E-state index in [0.29, 0.717) is 29.2 Å². The molecule has 1 N–H and O–H groups in total. The fourth-order valence-corrected chi connectivity index (χ4v) is 2.41. The number of hydrogen-bond acceptors (Lipinski definition) is 3. The average molecular weight is 326 g/mol. The quantitative estimate of drug-likeness (QED) is 0.879. The number of carbonyl (C=O) groups excluding carboxylic acids is 2. The third-order valence-corrected chi connectivity index (χ3v) is 3.58. The van der Waals surface area contributed by atoms with E-state index in [1.54, 1.807) is 29.2 Å². The van der Waals surface area contributed by atoms with Gasteiger partial charge in [-0.05, 0) is 42.5 Å². The number of nitrogens with zero attached hydrogens (tertiary/aromatic N) is 1. The Kier molecular flexibility index (Phi) is 4.29. The van der Waals surface area contributed by atoms with Gasteiger partial charge in [-0.25, -0.2) is 4.39 Å². The lowest BCUT2D eigenvalue weighted by Crippen LogP contribution is -2.38. The zero-order valence-corrected chi connectivity index (χ0v) is 12.8. The van der Waals surface area contributed by atoms with Gasteiger partial charge in [-0.15, -0.1) is 6.58 Å². The van der Waals surface area contributed by atoms with Gasteiger partial charge in [0.2, 0.25) is 0 Å². The Morgan fingerprint density at radius 2 is 2.04 bits per heavy atom. The highest BCUT2D eigenvalue weighted by molar-refractivity contribution is 6.05. The van der Waals surface area contributed by atoms with Gasteiger partial charge in [0.15, 0.2) is 6.61 Å². The lowest BCUT2D eigenvalue weighted by Gasteiger charge is -2.28. The van der Waals surface area contributed by atoms with Crippen molar-refractivity contribution in [2.45, 2.75) is 0 Å². The van der Waals surface area contributed by atoms with Gasteiger partial charge in [0.25, 0.3) is 11.8 Å². The normalized spacial score (nSPS) is 13.0. The van der Waals surface area contributed by atoms with Crippen LogP contribution in [0.15, 0.2) is 55.1 Å². The van der Waals surface area contributed by atoms with Gasteiger partial charge in [0.05, 0.1) is 5.69 Å². The lowest BCUT2D eigenvalue weighted by molar-refractivity contribution is -0.121. The van der Waals surface area contributed by atoms with Crippen molar-refractivity contribution in [2.75, 3.05) is 23.4 Å². The van der Waals surface area contributed by atoms with Gasteiger partial charge < -0.3 is 15.0 Å². The van der Waals surface area contributed by atoms with E-state index in [0.717, 1.165) is 0 Å². The first kappa shape index (κ1) is 15.7. The molecule has 0 fully saturated rings. The summed E-state index contributed by atoms with van der Waals surface area (Å²) in [5.74, 6) is -0.384. The molecule has 0 bridgehead atoms. The number of benzene rings is 2. The molecule has 0 spiro atoms. The summed E-state index contributed by atoms with van der Waals surface area (Å²) in [6.45, 7) is 3.97. The molecule has 0 unspecified atom stereocenters. The molecule has 0 atom stereocenters. The van der Waals surface area contributed by atoms with E-state index in [-0.39, 0.29) is 18.4 Å². The molecule has 2 aromatic carbocycles. The fraction of sp³-hybridized carbons (Fsp3) is 0.111. The van der Waals surface area contributed by atoms with Crippen molar-refractivity contribution in [3.8, 4) is 5.75 Å². The van der Waals surface area contributed by atoms with Gasteiger partial charge in [-0.2, -0.15) is 0 Å². The Balaban J connectivity index is 1.85. The van der Waals surface area contributed by atoms with Crippen LogP contribution in [-0.4, -0.2) is 25.0 Å². The minimum absolute atomic E-state index is 0.0257. The Morgan fingerprint density at radius 3 is 2.75 bits per heavy atom. The zero-order valence-electron chi connectivity index (χ0n) is 12.8. The number of rotatable bonds is 4. The molecule has 0 aromatic heterocycles. The maximum absolute atomic E-state index is 12.9. The molecule has 3 rings (SSSR count). The van der Waals surface area contributed by atoms with E-state index < -0.39 is 5.82 Å². The van der Waals surface area contributed by atoms with Crippen LogP contribution in [0.25, 0.3) is 0 Å². The molecule has 1 aliphatic rings. The molecular weight excluding hydrogens is 311 g/mol. The molecule has 6 heteroatoms. The van der Waals surface area contributed by atoms with Crippen molar-refractivity contribution in [1.29, 1.82) is 0 Å². The average Bonchev–Trinajstić information content (AvgIpc) is 2.58. The van der Waals surface area contributed by atoms with E-state index in [1.165, 1.54) is 24.3 Å². The zero-order chi connectivity index (χ0) is 17.1. The van der Waals surface area contributed by atoms with Crippen LogP contribution in [0.4, 0.5) is 15.8 Å². The van der Waals surface area contributed by atoms with E-state index >= 15 is 0 Å². The number of hydrogen-bond donors (Lipinski definition) is 1. The number of halogens is 1. The van der Waals surface area contributed by atoms with E-state index in [4.69, 9.17) is 4.74 Å². The van der Waals surface area contributed by atoms with Crippen molar-refractivity contribution >= 4 is 23.2 Å². The summed E-state index contributed by atoms with van der Waals surface area (Å²) in [5, 5.41) is 2.72. The van der Waals surface area contributed by atoms with Crippen LogP contribution in [0.3, 0.4) is 0 Å². The molecule has 2 aromatic rings. The lowest BCUT2D eigenvalue weighted by atomic mass is 10.1. The topological polar surface area (TPSA) is 58.6 Å². The van der Waals surface area contributed by atoms with Crippen LogP contribution < -0.4 is 15.0 Å². The summed E-state index contributed by atoms with van der Waals surface area (Å²) in [5.41, 5.74) is 1.42. The summed E-state index contributed by atoms with van der Waals surface area (Å²) in [6, 6.07) is 10.3. The van der Waals surface area contributed by atoms with E-state index in [1.807, 2.05) is 0 Å². The Bertz CT molecular complexity index is 802. The smallest absolute Gasteiger partial charge is 0.265 e. The minimum atomic E-state index is -0.406. The first-order valence-electron chi connectivity index (χ1n) is 7.33. The third-order valence-electron chi connectivity index (χ3n) is 3.58. The van der Waals surface area contributed by atoms with Crippen LogP contribution in [0.2, 0.25) is 0 Å². The maximum Gasteiger partial charge on any atom is 0.265 e. The highest BCUT2D eigenvalue weighted by atomic mass is 19.1. The number of nitrogens with one attached hydrogen (secondary N) is 1. The molecule has 0 aliphatic carbocycles. The third kappa shape index (κ3) is 3.12. The van der Waals surface area contributed by atoms with E-state index in [9.17, 15) is 14.0 Å². The monoisotopic (exact) mass is 326 g/mol. The summed E-state index contributed by atoms with van der Waals surface area (Å²) in [7, 11) is 0. The van der Waals surface area contributed by atoms with Crippen molar-refractivity contribution in [3.05, 3.63) is 66.5 Å². The van der Waals surface area contributed by atoms with Gasteiger partial charge in [-0.1, -0.05) is 6.08 Å². The summed E-state index contributed by atoms with van der Waals surface area (Å²) < 4.78 is 18.3. The van der Waals surface area contributed by atoms with Crippen LogP contribution in [0.5, 0.6) is 5.75 Å². The standard InChI is InChI=1S/C18H15FN2O3/c1-2-9-21-15-10-14(7-8-16(15)24-11-17(21)22)20-18(23)12-3-5-13(19)6-4-12/h2-8,10H,1,9,11H2,(H,20,23). The molecule has 2 amide bonds. The number of fused-ring (bicyclic) bond motifs is 1. The van der Waals surface area contributed by atoms with Crippen LogP contribution in [0.1, 0.15) is 10.4 Å². The summed E-state index contributed by atoms with van der Waals surface area (Å²) in [6.07, 6.45) is 1.62. The highest BCUT2D eigenvalue weighted by Crippen LogP contribution is 2.34. The summed E-state index contributed by atoms with van der Waals surface area (Å²) in [4.78, 5) is 25.7. The molecule has 0 saturated heterocycles. The molecule has 24 heavy (non-hydrogen) atoms. The highest BCUT2D eigenvalue weighted by Gasteiger charge is 2.25. The molecule has 0 radical (unpaired) electrons. The van der Waals surface area contributed by atoms with Crippen molar-refractivity contribution < 1.29 is 18.7 Å². The van der Waals surface area contributed by atoms with Crippen LogP contribution in [0, 0.1) is 5.82 Å². The molecule has 1 aliphatic heterocycles. The Labute approximate surface area is 138 Å².